The average molecular weight is 227 g/mol. The molecule has 1 aromatic rings. The molecule has 1 aromatic carbocycles. The van der Waals surface area contributed by atoms with Gasteiger partial charge in [0.15, 0.2) is 0 Å². The quantitative estimate of drug-likeness (QED) is 0.812. The molecule has 0 aliphatic rings. The molecule has 1 atom stereocenters. The monoisotopic (exact) mass is 227 g/mol. The third-order valence-corrected chi connectivity index (χ3v) is 2.42. The van der Waals surface area contributed by atoms with Crippen molar-refractivity contribution in [3.8, 4) is 5.75 Å². The van der Waals surface area contributed by atoms with Crippen molar-refractivity contribution in [1.29, 1.82) is 0 Å². The van der Waals surface area contributed by atoms with Crippen LogP contribution in [0, 0.1) is 12.7 Å². The Morgan fingerprint density at radius 3 is 2.69 bits per heavy atom. The summed E-state index contributed by atoms with van der Waals surface area (Å²) in [5.74, 6) is -2.15. The van der Waals surface area contributed by atoms with Crippen molar-refractivity contribution in [2.45, 2.75) is 12.8 Å². The number of carboxylic acids is 1. The van der Waals surface area contributed by atoms with Gasteiger partial charge in [0.25, 0.3) is 0 Å². The van der Waals surface area contributed by atoms with Gasteiger partial charge in [-0.2, -0.15) is 0 Å². The minimum Gasteiger partial charge on any atom is -0.496 e. The van der Waals surface area contributed by atoms with Gasteiger partial charge < -0.3 is 15.6 Å². The summed E-state index contributed by atoms with van der Waals surface area (Å²) in [7, 11) is 1.36. The number of aryl methyl sites for hydroxylation is 1. The Kier molecular flexibility index (Phi) is 3.84. The van der Waals surface area contributed by atoms with Gasteiger partial charge in [-0.15, -0.1) is 0 Å². The van der Waals surface area contributed by atoms with Gasteiger partial charge in [-0.3, -0.25) is 4.79 Å². The van der Waals surface area contributed by atoms with Gasteiger partial charge >= 0.3 is 5.97 Å². The number of halogens is 1. The third-order valence-electron chi connectivity index (χ3n) is 2.42. The minimum absolute atomic E-state index is 0.0588. The zero-order valence-corrected chi connectivity index (χ0v) is 9.16. The number of benzene rings is 1. The molecule has 4 nitrogen and oxygen atoms in total. The van der Waals surface area contributed by atoms with E-state index in [1.807, 2.05) is 0 Å². The van der Waals surface area contributed by atoms with Gasteiger partial charge in [-0.25, -0.2) is 4.39 Å². The maximum absolute atomic E-state index is 13.3. The minimum atomic E-state index is -1.05. The zero-order chi connectivity index (χ0) is 12.3. The molecule has 0 spiro atoms. The Morgan fingerprint density at radius 2 is 2.25 bits per heavy atom. The van der Waals surface area contributed by atoms with E-state index in [9.17, 15) is 9.18 Å². The predicted octanol–water partition coefficient (Wildman–Crippen LogP) is 1.27. The van der Waals surface area contributed by atoms with Crippen LogP contribution in [0.4, 0.5) is 4.39 Å². The van der Waals surface area contributed by atoms with Gasteiger partial charge in [0, 0.05) is 18.2 Å². The number of carboxylic acid groups (broad SMARTS) is 1. The standard InChI is InChI=1S/C11H14FNO3/c1-6-3-7(8(5-13)11(14)15)10(16-2)4-9(6)12/h3-4,8H,5,13H2,1-2H3,(H,14,15). The fraction of sp³-hybridized carbons (Fsp3) is 0.364. The van der Waals surface area contributed by atoms with Gasteiger partial charge in [0.05, 0.1) is 13.0 Å². The molecule has 16 heavy (non-hydrogen) atoms. The number of hydrogen-bond acceptors (Lipinski definition) is 3. The predicted molar refractivity (Wildman–Crippen MR) is 57.1 cm³/mol. The third kappa shape index (κ3) is 2.30. The van der Waals surface area contributed by atoms with Gasteiger partial charge in [0.1, 0.15) is 11.6 Å². The molecule has 0 aliphatic heterocycles. The Labute approximate surface area is 92.8 Å². The lowest BCUT2D eigenvalue weighted by molar-refractivity contribution is -0.138. The lowest BCUT2D eigenvalue weighted by Crippen LogP contribution is -2.22. The van der Waals surface area contributed by atoms with E-state index in [0.29, 0.717) is 11.1 Å². The summed E-state index contributed by atoms with van der Waals surface area (Å²) in [4.78, 5) is 11.0. The first-order valence-electron chi connectivity index (χ1n) is 4.78. The summed E-state index contributed by atoms with van der Waals surface area (Å²) in [6.45, 7) is 1.50. The molecule has 0 radical (unpaired) electrons. The molecular weight excluding hydrogens is 213 g/mol. The second-order valence-corrected chi connectivity index (χ2v) is 3.47. The normalized spacial score (nSPS) is 12.2. The SMILES string of the molecule is COc1cc(F)c(C)cc1C(CN)C(=O)O. The summed E-state index contributed by atoms with van der Waals surface area (Å²) in [6.07, 6.45) is 0. The van der Waals surface area contributed by atoms with Crippen LogP contribution in [-0.4, -0.2) is 24.7 Å². The molecule has 0 aliphatic carbocycles. The Hall–Kier alpha value is -1.62. The van der Waals surface area contributed by atoms with Gasteiger partial charge in [-0.05, 0) is 18.6 Å². The number of nitrogens with two attached hydrogens (primary N) is 1. The van der Waals surface area contributed by atoms with E-state index in [0.717, 1.165) is 0 Å². The Morgan fingerprint density at radius 1 is 1.62 bits per heavy atom. The first-order chi connectivity index (χ1) is 7.51. The highest BCUT2D eigenvalue weighted by Crippen LogP contribution is 2.29. The number of rotatable bonds is 4. The zero-order valence-electron chi connectivity index (χ0n) is 9.16. The van der Waals surface area contributed by atoms with E-state index in [4.69, 9.17) is 15.6 Å². The van der Waals surface area contributed by atoms with Crippen LogP contribution < -0.4 is 10.5 Å². The highest BCUT2D eigenvalue weighted by molar-refractivity contribution is 5.77. The number of hydrogen-bond donors (Lipinski definition) is 2. The van der Waals surface area contributed by atoms with Crippen molar-refractivity contribution in [1.82, 2.24) is 0 Å². The summed E-state index contributed by atoms with van der Waals surface area (Å²) in [5, 5.41) is 8.98. The van der Waals surface area contributed by atoms with E-state index >= 15 is 0 Å². The second kappa shape index (κ2) is 4.94. The van der Waals surface area contributed by atoms with Crippen LogP contribution in [-0.2, 0) is 4.79 Å². The molecule has 0 heterocycles. The number of aliphatic carboxylic acids is 1. The highest BCUT2D eigenvalue weighted by atomic mass is 19.1. The van der Waals surface area contributed by atoms with Crippen LogP contribution >= 0.6 is 0 Å². The fourth-order valence-electron chi connectivity index (χ4n) is 1.50. The molecule has 0 amide bonds. The van der Waals surface area contributed by atoms with Gasteiger partial charge in [-0.1, -0.05) is 0 Å². The molecule has 0 saturated carbocycles. The highest BCUT2D eigenvalue weighted by Gasteiger charge is 2.23. The van der Waals surface area contributed by atoms with Crippen molar-refractivity contribution < 1.29 is 19.0 Å². The number of methoxy groups -OCH3 is 1. The van der Waals surface area contributed by atoms with Crippen molar-refractivity contribution in [3.05, 3.63) is 29.1 Å². The second-order valence-electron chi connectivity index (χ2n) is 3.47. The van der Waals surface area contributed by atoms with Crippen LogP contribution in [0.5, 0.6) is 5.75 Å². The first-order valence-corrected chi connectivity index (χ1v) is 4.78. The maximum atomic E-state index is 13.3. The maximum Gasteiger partial charge on any atom is 0.312 e. The molecule has 1 unspecified atom stereocenters. The van der Waals surface area contributed by atoms with Crippen molar-refractivity contribution in [2.24, 2.45) is 5.73 Å². The van der Waals surface area contributed by atoms with E-state index in [1.165, 1.54) is 19.2 Å². The van der Waals surface area contributed by atoms with Crippen LogP contribution in [0.1, 0.15) is 17.0 Å². The lowest BCUT2D eigenvalue weighted by Gasteiger charge is -2.15. The topological polar surface area (TPSA) is 72.5 Å². The van der Waals surface area contributed by atoms with E-state index in [-0.39, 0.29) is 12.3 Å². The van der Waals surface area contributed by atoms with Crippen molar-refractivity contribution in [2.75, 3.05) is 13.7 Å². The van der Waals surface area contributed by atoms with E-state index in [2.05, 4.69) is 0 Å². The molecule has 0 aromatic heterocycles. The van der Waals surface area contributed by atoms with Gasteiger partial charge in [0.2, 0.25) is 0 Å². The molecular formula is C11H14FNO3. The van der Waals surface area contributed by atoms with Crippen molar-refractivity contribution >= 4 is 5.97 Å². The molecule has 1 rings (SSSR count). The molecule has 88 valence electrons. The van der Waals surface area contributed by atoms with E-state index in [1.54, 1.807) is 6.92 Å². The molecule has 5 heteroatoms. The first kappa shape index (κ1) is 12.4. The molecule has 3 N–H and O–H groups in total. The number of ether oxygens (including phenoxy) is 1. The summed E-state index contributed by atoms with van der Waals surface area (Å²) in [6, 6.07) is 2.64. The average Bonchev–Trinajstić information content (AvgIpc) is 2.23. The summed E-state index contributed by atoms with van der Waals surface area (Å²) in [5.41, 5.74) is 6.16. The Bertz CT molecular complexity index is 406. The van der Waals surface area contributed by atoms with Crippen LogP contribution in [0.25, 0.3) is 0 Å². The molecule has 0 bridgehead atoms. The number of carbonyl (C=O) groups is 1. The summed E-state index contributed by atoms with van der Waals surface area (Å²) < 4.78 is 18.2. The Balaban J connectivity index is 3.30. The van der Waals surface area contributed by atoms with Crippen LogP contribution in [0.15, 0.2) is 12.1 Å². The fourth-order valence-corrected chi connectivity index (χ4v) is 1.50. The molecule has 0 saturated heterocycles. The van der Waals surface area contributed by atoms with Crippen LogP contribution in [0.3, 0.4) is 0 Å². The molecule has 0 fully saturated rings. The lowest BCUT2D eigenvalue weighted by atomic mass is 9.96. The van der Waals surface area contributed by atoms with E-state index < -0.39 is 17.7 Å². The smallest absolute Gasteiger partial charge is 0.312 e. The largest absolute Gasteiger partial charge is 0.496 e. The summed E-state index contributed by atoms with van der Waals surface area (Å²) >= 11 is 0. The van der Waals surface area contributed by atoms with Crippen molar-refractivity contribution in [3.63, 3.8) is 0 Å². The van der Waals surface area contributed by atoms with Crippen LogP contribution in [0.2, 0.25) is 0 Å².